The van der Waals surface area contributed by atoms with Gasteiger partial charge in [0.15, 0.2) is 11.9 Å². The van der Waals surface area contributed by atoms with Gasteiger partial charge >= 0.3 is 5.97 Å². The van der Waals surface area contributed by atoms with E-state index in [9.17, 15) is 14.4 Å². The molecule has 1 saturated carbocycles. The van der Waals surface area contributed by atoms with Crippen LogP contribution >= 0.6 is 11.3 Å². The van der Waals surface area contributed by atoms with Gasteiger partial charge in [0.05, 0.1) is 11.3 Å². The number of nitrogens with one attached hydrogen (secondary N) is 1. The Morgan fingerprint density at radius 3 is 2.68 bits per heavy atom. The molecular weight excluding hydrogens is 302 g/mol. The fourth-order valence-corrected chi connectivity index (χ4v) is 3.17. The lowest BCUT2D eigenvalue weighted by molar-refractivity contribution is -0.155. The Kier molecular flexibility index (Phi) is 6.12. The first kappa shape index (κ1) is 16.7. The van der Waals surface area contributed by atoms with Gasteiger partial charge in [-0.2, -0.15) is 0 Å². The van der Waals surface area contributed by atoms with Gasteiger partial charge in [0.2, 0.25) is 0 Å². The molecule has 0 aromatic carbocycles. The Morgan fingerprint density at radius 1 is 1.32 bits per heavy atom. The highest BCUT2D eigenvalue weighted by atomic mass is 32.1. The van der Waals surface area contributed by atoms with Crippen LogP contribution in [0.15, 0.2) is 17.5 Å². The van der Waals surface area contributed by atoms with Gasteiger partial charge in [0.25, 0.3) is 5.91 Å². The fourth-order valence-electron chi connectivity index (χ4n) is 2.47. The Hall–Kier alpha value is -1.69. The predicted octanol–water partition coefficient (Wildman–Crippen LogP) is 2.70. The van der Waals surface area contributed by atoms with Gasteiger partial charge in [-0.15, -0.1) is 11.3 Å². The molecule has 1 aromatic rings. The van der Waals surface area contributed by atoms with Crippen LogP contribution in [0.2, 0.25) is 0 Å². The second-order valence-corrected chi connectivity index (χ2v) is 6.47. The van der Waals surface area contributed by atoms with Gasteiger partial charge in [0.1, 0.15) is 0 Å². The van der Waals surface area contributed by atoms with Crippen LogP contribution in [0.3, 0.4) is 0 Å². The Labute approximate surface area is 134 Å². The molecule has 120 valence electrons. The molecule has 0 aliphatic heterocycles. The molecule has 5 nitrogen and oxygen atoms in total. The molecule has 0 radical (unpaired) electrons. The van der Waals surface area contributed by atoms with E-state index >= 15 is 0 Å². The summed E-state index contributed by atoms with van der Waals surface area (Å²) in [7, 11) is 0. The van der Waals surface area contributed by atoms with E-state index in [1.165, 1.54) is 11.3 Å². The number of thiophene rings is 1. The molecule has 1 aliphatic carbocycles. The van der Waals surface area contributed by atoms with Crippen LogP contribution in [0.5, 0.6) is 0 Å². The van der Waals surface area contributed by atoms with E-state index in [-0.39, 0.29) is 30.6 Å². The standard InChI is InChI=1S/C16H21NO4S/c1-11(16(20)17-12-5-2-3-6-12)21-15(19)9-8-13(18)14-7-4-10-22-14/h4,7,10-12H,2-3,5-6,8-9H2,1H3,(H,17,20)/t11-/m1/s1. The molecule has 1 N–H and O–H groups in total. The summed E-state index contributed by atoms with van der Waals surface area (Å²) in [4.78, 5) is 36.0. The van der Waals surface area contributed by atoms with Gasteiger partial charge in [-0.3, -0.25) is 14.4 Å². The molecule has 1 fully saturated rings. The van der Waals surface area contributed by atoms with Crippen LogP contribution in [0.1, 0.15) is 55.1 Å². The maximum absolute atomic E-state index is 11.9. The fraction of sp³-hybridized carbons (Fsp3) is 0.562. The van der Waals surface area contributed by atoms with E-state index in [1.807, 2.05) is 5.38 Å². The number of hydrogen-bond acceptors (Lipinski definition) is 5. The van der Waals surface area contributed by atoms with Gasteiger partial charge < -0.3 is 10.1 Å². The van der Waals surface area contributed by atoms with Crippen molar-refractivity contribution < 1.29 is 19.1 Å². The Balaban J connectivity index is 1.69. The summed E-state index contributed by atoms with van der Waals surface area (Å²) < 4.78 is 5.09. The van der Waals surface area contributed by atoms with E-state index in [0.717, 1.165) is 25.7 Å². The second-order valence-electron chi connectivity index (χ2n) is 5.52. The number of carbonyl (C=O) groups excluding carboxylic acids is 3. The summed E-state index contributed by atoms with van der Waals surface area (Å²) in [5, 5.41) is 4.71. The number of esters is 1. The largest absolute Gasteiger partial charge is 0.453 e. The zero-order valence-electron chi connectivity index (χ0n) is 12.7. The topological polar surface area (TPSA) is 72.5 Å². The molecule has 0 saturated heterocycles. The Bertz CT molecular complexity index is 520. The van der Waals surface area contributed by atoms with Crippen molar-refractivity contribution in [2.75, 3.05) is 0 Å². The third kappa shape index (κ3) is 4.94. The minimum absolute atomic E-state index is 0.00220. The first-order valence-corrected chi connectivity index (χ1v) is 8.51. The summed E-state index contributed by atoms with van der Waals surface area (Å²) in [5.74, 6) is -0.848. The molecule has 1 heterocycles. The lowest BCUT2D eigenvalue weighted by atomic mass is 10.2. The molecule has 0 spiro atoms. The minimum Gasteiger partial charge on any atom is -0.453 e. The maximum atomic E-state index is 11.9. The van der Waals surface area contributed by atoms with Crippen LogP contribution in [0.4, 0.5) is 0 Å². The van der Waals surface area contributed by atoms with Crippen LogP contribution in [0, 0.1) is 0 Å². The number of amides is 1. The molecule has 2 rings (SSSR count). The zero-order valence-corrected chi connectivity index (χ0v) is 13.5. The molecule has 1 atom stereocenters. The first-order valence-electron chi connectivity index (χ1n) is 7.63. The molecule has 1 aromatic heterocycles. The van der Waals surface area contributed by atoms with E-state index in [0.29, 0.717) is 4.88 Å². The van der Waals surface area contributed by atoms with Crippen molar-refractivity contribution in [3.8, 4) is 0 Å². The summed E-state index contributed by atoms with van der Waals surface area (Å²) in [5.41, 5.74) is 0. The van der Waals surface area contributed by atoms with Crippen molar-refractivity contribution in [1.29, 1.82) is 0 Å². The molecular formula is C16H21NO4S. The number of ketones is 1. The predicted molar refractivity (Wildman–Crippen MR) is 83.8 cm³/mol. The van der Waals surface area contributed by atoms with Gasteiger partial charge in [-0.25, -0.2) is 0 Å². The van der Waals surface area contributed by atoms with Crippen LogP contribution < -0.4 is 5.32 Å². The highest BCUT2D eigenvalue weighted by molar-refractivity contribution is 7.12. The molecule has 0 unspecified atom stereocenters. The lowest BCUT2D eigenvalue weighted by Crippen LogP contribution is -2.40. The van der Waals surface area contributed by atoms with Crippen LogP contribution in [-0.4, -0.2) is 29.8 Å². The van der Waals surface area contributed by atoms with E-state index in [2.05, 4.69) is 5.32 Å². The molecule has 0 bridgehead atoms. The summed E-state index contributed by atoms with van der Waals surface area (Å²) in [6, 6.07) is 3.73. The average Bonchev–Trinajstić information content (AvgIpc) is 3.17. The van der Waals surface area contributed by atoms with E-state index < -0.39 is 12.1 Å². The van der Waals surface area contributed by atoms with Crippen molar-refractivity contribution in [2.45, 2.75) is 57.6 Å². The van der Waals surface area contributed by atoms with Gasteiger partial charge in [0, 0.05) is 12.5 Å². The zero-order chi connectivity index (χ0) is 15.9. The minimum atomic E-state index is -0.815. The molecule has 22 heavy (non-hydrogen) atoms. The third-order valence-electron chi connectivity index (χ3n) is 3.73. The van der Waals surface area contributed by atoms with Crippen LogP contribution in [-0.2, 0) is 14.3 Å². The number of rotatable bonds is 7. The lowest BCUT2D eigenvalue weighted by Gasteiger charge is -2.17. The van der Waals surface area contributed by atoms with Gasteiger partial charge in [-0.05, 0) is 31.2 Å². The number of carbonyl (C=O) groups is 3. The van der Waals surface area contributed by atoms with Gasteiger partial charge in [-0.1, -0.05) is 18.9 Å². The molecule has 1 aliphatic rings. The third-order valence-corrected chi connectivity index (χ3v) is 4.64. The van der Waals surface area contributed by atoms with Crippen molar-refractivity contribution in [1.82, 2.24) is 5.32 Å². The molecule has 6 heteroatoms. The quantitative estimate of drug-likeness (QED) is 0.618. The van der Waals surface area contributed by atoms with Crippen LogP contribution in [0.25, 0.3) is 0 Å². The highest BCUT2D eigenvalue weighted by Crippen LogP contribution is 2.18. The van der Waals surface area contributed by atoms with Crippen molar-refractivity contribution in [3.05, 3.63) is 22.4 Å². The monoisotopic (exact) mass is 323 g/mol. The highest BCUT2D eigenvalue weighted by Gasteiger charge is 2.23. The normalized spacial score (nSPS) is 16.2. The summed E-state index contributed by atoms with van der Waals surface area (Å²) in [6.07, 6.45) is 3.52. The van der Waals surface area contributed by atoms with Crippen molar-refractivity contribution in [3.63, 3.8) is 0 Å². The smallest absolute Gasteiger partial charge is 0.307 e. The average molecular weight is 323 g/mol. The Morgan fingerprint density at radius 2 is 2.05 bits per heavy atom. The van der Waals surface area contributed by atoms with E-state index in [1.54, 1.807) is 19.1 Å². The number of ether oxygens (including phenoxy) is 1. The van der Waals surface area contributed by atoms with Crippen molar-refractivity contribution in [2.24, 2.45) is 0 Å². The van der Waals surface area contributed by atoms with Crippen molar-refractivity contribution >= 4 is 29.0 Å². The first-order chi connectivity index (χ1) is 10.6. The molecule has 1 amide bonds. The number of Topliss-reactive ketones (excluding diaryl/α,β-unsaturated/α-hetero) is 1. The SMILES string of the molecule is C[C@@H](OC(=O)CCC(=O)c1cccs1)C(=O)NC1CCCC1. The van der Waals surface area contributed by atoms with E-state index in [4.69, 9.17) is 4.74 Å². The second kappa shape index (κ2) is 8.08. The maximum Gasteiger partial charge on any atom is 0.307 e. The number of hydrogen-bond donors (Lipinski definition) is 1. The summed E-state index contributed by atoms with van der Waals surface area (Å²) >= 11 is 1.35. The summed E-state index contributed by atoms with van der Waals surface area (Å²) in [6.45, 7) is 1.56.